The Labute approximate surface area is 184 Å². The second kappa shape index (κ2) is 11.7. The van der Waals surface area contributed by atoms with Crippen molar-refractivity contribution in [2.24, 2.45) is 4.99 Å². The Morgan fingerprint density at radius 3 is 2.86 bits per heavy atom. The summed E-state index contributed by atoms with van der Waals surface area (Å²) in [6.07, 6.45) is 4.35. The van der Waals surface area contributed by atoms with Crippen molar-refractivity contribution >= 4 is 45.8 Å². The monoisotopic (exact) mass is 528 g/mol. The first kappa shape index (κ1) is 24.8. The minimum Gasteiger partial charge on any atom is -0.356 e. The summed E-state index contributed by atoms with van der Waals surface area (Å²) < 4.78 is 38.5. The van der Waals surface area contributed by atoms with Crippen LogP contribution in [0.15, 0.2) is 23.3 Å². The number of nitrogens with zero attached hydrogens (tertiary/aromatic N) is 4. The van der Waals surface area contributed by atoms with Gasteiger partial charge in [0.15, 0.2) is 17.6 Å². The maximum atomic E-state index is 13.9. The third-order valence-corrected chi connectivity index (χ3v) is 5.87. The smallest absolute Gasteiger partial charge is 0.211 e. The van der Waals surface area contributed by atoms with Gasteiger partial charge in [-0.3, -0.25) is 4.99 Å². The molecule has 28 heavy (non-hydrogen) atoms. The number of rotatable bonds is 8. The normalized spacial score (nSPS) is 17.5. The highest BCUT2D eigenvalue weighted by Gasteiger charge is 2.25. The van der Waals surface area contributed by atoms with Crippen LogP contribution < -0.4 is 15.5 Å². The molecule has 1 fully saturated rings. The van der Waals surface area contributed by atoms with Crippen LogP contribution in [-0.4, -0.2) is 75.7 Å². The first-order valence-corrected chi connectivity index (χ1v) is 11.0. The molecule has 1 atom stereocenters. The van der Waals surface area contributed by atoms with Crippen molar-refractivity contribution < 1.29 is 12.8 Å². The molecule has 0 bridgehead atoms. The number of anilines is 1. The molecule has 0 spiro atoms. The van der Waals surface area contributed by atoms with E-state index >= 15 is 0 Å². The molecule has 1 aromatic rings. The molecule has 0 aliphatic carbocycles. The van der Waals surface area contributed by atoms with E-state index in [0.717, 1.165) is 13.0 Å². The van der Waals surface area contributed by atoms with Gasteiger partial charge in [-0.1, -0.05) is 6.92 Å². The number of hydrogen-bond donors (Lipinski definition) is 2. The lowest BCUT2D eigenvalue weighted by Gasteiger charge is -2.21. The fourth-order valence-corrected chi connectivity index (χ4v) is 4.02. The number of aliphatic imine (C=N–C) groups is 1. The number of nitrogens with one attached hydrogen (secondary N) is 2. The lowest BCUT2D eigenvalue weighted by Crippen LogP contribution is -2.45. The van der Waals surface area contributed by atoms with Crippen LogP contribution in [0.5, 0.6) is 0 Å². The molecule has 0 amide bonds. The summed E-state index contributed by atoms with van der Waals surface area (Å²) in [6, 6.07) is 3.14. The highest BCUT2D eigenvalue weighted by Crippen LogP contribution is 2.20. The largest absolute Gasteiger partial charge is 0.356 e. The molecule has 11 heteroatoms. The minimum absolute atomic E-state index is 0. The van der Waals surface area contributed by atoms with Crippen LogP contribution in [0.25, 0.3) is 0 Å². The molecule has 2 rings (SSSR count). The van der Waals surface area contributed by atoms with Crippen LogP contribution in [0.3, 0.4) is 0 Å². The molecular formula is C17H30FIN6O2S. The van der Waals surface area contributed by atoms with Crippen molar-refractivity contribution in [2.75, 3.05) is 50.9 Å². The first-order valence-electron chi connectivity index (χ1n) is 9.13. The third kappa shape index (κ3) is 7.32. The average molecular weight is 528 g/mol. The van der Waals surface area contributed by atoms with Crippen molar-refractivity contribution in [3.05, 3.63) is 24.1 Å². The molecule has 1 saturated heterocycles. The molecule has 2 heterocycles. The summed E-state index contributed by atoms with van der Waals surface area (Å²) in [5.41, 5.74) is 0. The second-order valence-corrected chi connectivity index (χ2v) is 8.47. The average Bonchev–Trinajstić information content (AvgIpc) is 3.08. The summed E-state index contributed by atoms with van der Waals surface area (Å²) in [4.78, 5) is 10.3. The molecule has 8 nitrogen and oxygen atoms in total. The van der Waals surface area contributed by atoms with E-state index in [1.54, 1.807) is 19.3 Å². The van der Waals surface area contributed by atoms with E-state index in [1.807, 2.05) is 11.8 Å². The Kier molecular flexibility index (Phi) is 10.4. The van der Waals surface area contributed by atoms with Gasteiger partial charge in [0.25, 0.3) is 0 Å². The van der Waals surface area contributed by atoms with Crippen LogP contribution in [0.2, 0.25) is 0 Å². The number of sulfonamides is 1. The molecule has 160 valence electrons. The standard InChI is InChI=1S/C17H29FN6O2S.HI/c1-4-24(27(3,25)26)11-6-10-21-17(19-2)22-14-8-12-23(13-14)16-15(18)7-5-9-20-16;/h5,7,9,14H,4,6,8,10-13H2,1-3H3,(H2,19,21,22);1H. The molecule has 1 unspecified atom stereocenters. The quantitative estimate of drug-likeness (QED) is 0.229. The van der Waals surface area contributed by atoms with E-state index < -0.39 is 10.0 Å². The second-order valence-electron chi connectivity index (χ2n) is 6.49. The van der Waals surface area contributed by atoms with Crippen LogP contribution in [0, 0.1) is 5.82 Å². The number of guanidine groups is 1. The molecule has 1 aromatic heterocycles. The van der Waals surface area contributed by atoms with Gasteiger partial charge in [0.2, 0.25) is 10.0 Å². The predicted molar refractivity (Wildman–Crippen MR) is 121 cm³/mol. The SMILES string of the molecule is CCN(CCCNC(=NC)NC1CCN(c2ncccc2F)C1)S(C)(=O)=O.I. The highest BCUT2D eigenvalue weighted by atomic mass is 127. The fraction of sp³-hybridized carbons (Fsp3) is 0.647. The van der Waals surface area contributed by atoms with Gasteiger partial charge < -0.3 is 15.5 Å². The zero-order valence-electron chi connectivity index (χ0n) is 16.6. The molecule has 1 aliphatic rings. The van der Waals surface area contributed by atoms with E-state index in [9.17, 15) is 12.8 Å². The van der Waals surface area contributed by atoms with Crippen molar-refractivity contribution in [1.29, 1.82) is 0 Å². The molecule has 2 N–H and O–H groups in total. The first-order chi connectivity index (χ1) is 12.8. The van der Waals surface area contributed by atoms with Crippen LogP contribution >= 0.6 is 24.0 Å². The Morgan fingerprint density at radius 1 is 1.50 bits per heavy atom. The number of hydrogen-bond acceptors (Lipinski definition) is 5. The molecular weight excluding hydrogens is 498 g/mol. The van der Waals surface area contributed by atoms with E-state index in [2.05, 4.69) is 20.6 Å². The van der Waals surface area contributed by atoms with Crippen molar-refractivity contribution in [2.45, 2.75) is 25.8 Å². The van der Waals surface area contributed by atoms with Crippen molar-refractivity contribution in [1.82, 2.24) is 19.9 Å². The van der Waals surface area contributed by atoms with Crippen LogP contribution in [0.1, 0.15) is 19.8 Å². The van der Waals surface area contributed by atoms with Crippen molar-refractivity contribution in [3.8, 4) is 0 Å². The Bertz CT molecular complexity index is 749. The van der Waals surface area contributed by atoms with Gasteiger partial charge in [0.1, 0.15) is 0 Å². The van der Waals surface area contributed by atoms with Gasteiger partial charge in [-0.15, -0.1) is 24.0 Å². The maximum Gasteiger partial charge on any atom is 0.211 e. The number of pyridine rings is 1. The summed E-state index contributed by atoms with van der Waals surface area (Å²) in [5, 5.41) is 6.53. The Balaban J connectivity index is 0.00000392. The Hall–Kier alpha value is -1.21. The van der Waals surface area contributed by atoms with Gasteiger partial charge in [-0.05, 0) is 25.0 Å². The summed E-state index contributed by atoms with van der Waals surface area (Å²) in [6.45, 7) is 4.74. The van der Waals surface area contributed by atoms with Crippen molar-refractivity contribution in [3.63, 3.8) is 0 Å². The number of aromatic nitrogens is 1. The van der Waals surface area contributed by atoms with E-state index in [0.29, 0.717) is 44.4 Å². The van der Waals surface area contributed by atoms with Gasteiger partial charge in [-0.25, -0.2) is 22.1 Å². The highest BCUT2D eigenvalue weighted by molar-refractivity contribution is 14.0. The summed E-state index contributed by atoms with van der Waals surface area (Å²) in [5.74, 6) is 0.725. The van der Waals surface area contributed by atoms with Crippen LogP contribution in [0.4, 0.5) is 10.2 Å². The third-order valence-electron chi connectivity index (χ3n) is 4.49. The van der Waals surface area contributed by atoms with Gasteiger partial charge in [-0.2, -0.15) is 0 Å². The van der Waals surface area contributed by atoms with E-state index in [4.69, 9.17) is 0 Å². The molecule has 0 saturated carbocycles. The zero-order valence-corrected chi connectivity index (χ0v) is 19.7. The van der Waals surface area contributed by atoms with E-state index in [-0.39, 0.29) is 35.8 Å². The van der Waals surface area contributed by atoms with Gasteiger partial charge >= 0.3 is 0 Å². The number of halogens is 2. The molecule has 0 aromatic carbocycles. The molecule has 1 aliphatic heterocycles. The lowest BCUT2D eigenvalue weighted by atomic mass is 10.3. The predicted octanol–water partition coefficient (Wildman–Crippen LogP) is 1.25. The Morgan fingerprint density at radius 2 is 2.25 bits per heavy atom. The van der Waals surface area contributed by atoms with E-state index in [1.165, 1.54) is 16.6 Å². The maximum absolute atomic E-state index is 13.9. The van der Waals surface area contributed by atoms with Gasteiger partial charge in [0, 0.05) is 52.0 Å². The minimum atomic E-state index is -3.16. The molecule has 0 radical (unpaired) electrons. The fourth-order valence-electron chi connectivity index (χ4n) is 3.09. The van der Waals surface area contributed by atoms with Crippen LogP contribution in [-0.2, 0) is 10.0 Å². The van der Waals surface area contributed by atoms with Gasteiger partial charge in [0.05, 0.1) is 6.26 Å². The summed E-state index contributed by atoms with van der Waals surface area (Å²) >= 11 is 0. The lowest BCUT2D eigenvalue weighted by molar-refractivity contribution is 0.424. The topological polar surface area (TPSA) is 89.9 Å². The summed E-state index contributed by atoms with van der Waals surface area (Å²) in [7, 11) is -1.47. The zero-order chi connectivity index (χ0) is 19.9.